The summed E-state index contributed by atoms with van der Waals surface area (Å²) in [6, 6.07) is 15.6. The molecule has 0 saturated heterocycles. The third-order valence-electron chi connectivity index (χ3n) is 3.21. The van der Waals surface area contributed by atoms with Gasteiger partial charge in [-0.05, 0) is 37.1 Å². The Hall–Kier alpha value is -2.73. The van der Waals surface area contributed by atoms with Gasteiger partial charge in [-0.15, -0.1) is 0 Å². The molecule has 0 spiro atoms. The monoisotopic (exact) mass is 293 g/mol. The first-order chi connectivity index (χ1) is 10.7. The molecule has 0 saturated carbocycles. The molecular weight excluding hydrogens is 274 g/mol. The number of rotatable bonds is 4. The molecule has 3 heteroatoms. The van der Waals surface area contributed by atoms with Gasteiger partial charge in [0.05, 0.1) is 7.11 Å². The molecule has 0 aromatic heterocycles. The average molecular weight is 293 g/mol. The minimum Gasteiger partial charge on any atom is -0.497 e. The van der Waals surface area contributed by atoms with Crippen molar-refractivity contribution in [3.8, 4) is 17.6 Å². The molecule has 2 aromatic rings. The third kappa shape index (κ3) is 4.99. The van der Waals surface area contributed by atoms with E-state index in [1.165, 1.54) is 11.1 Å². The molecule has 0 aliphatic rings. The highest BCUT2D eigenvalue weighted by molar-refractivity contribution is 5.94. The van der Waals surface area contributed by atoms with Crippen LogP contribution in [-0.4, -0.2) is 19.6 Å². The molecule has 0 fully saturated rings. The summed E-state index contributed by atoms with van der Waals surface area (Å²) in [5.41, 5.74) is 3.19. The first-order valence-electron chi connectivity index (χ1n) is 7.17. The third-order valence-corrected chi connectivity index (χ3v) is 3.21. The Labute approximate surface area is 131 Å². The van der Waals surface area contributed by atoms with E-state index in [9.17, 15) is 4.79 Å². The fourth-order valence-corrected chi connectivity index (χ4v) is 1.95. The number of hydrogen-bond acceptors (Lipinski definition) is 2. The smallest absolute Gasteiger partial charge is 0.296 e. The number of carbonyl (C=O) groups excluding carboxylic acids is 1. The molecule has 3 nitrogen and oxygen atoms in total. The van der Waals surface area contributed by atoms with Gasteiger partial charge in [-0.1, -0.05) is 41.8 Å². The van der Waals surface area contributed by atoms with Crippen molar-refractivity contribution in [1.82, 2.24) is 5.32 Å². The second-order valence-electron chi connectivity index (χ2n) is 4.97. The number of aryl methyl sites for hydroxylation is 1. The normalized spacial score (nSPS) is 9.55. The van der Waals surface area contributed by atoms with Crippen LogP contribution in [0.4, 0.5) is 0 Å². The Balaban J connectivity index is 1.83. The maximum atomic E-state index is 11.7. The summed E-state index contributed by atoms with van der Waals surface area (Å²) < 4.78 is 5.12. The van der Waals surface area contributed by atoms with E-state index in [0.717, 1.165) is 17.7 Å². The van der Waals surface area contributed by atoms with Crippen LogP contribution in [-0.2, 0) is 11.2 Å². The number of nitrogens with one attached hydrogen (secondary N) is 1. The van der Waals surface area contributed by atoms with Crippen LogP contribution in [0.3, 0.4) is 0 Å². The molecule has 22 heavy (non-hydrogen) atoms. The lowest BCUT2D eigenvalue weighted by atomic mass is 10.1. The molecular formula is C19H19NO2. The first-order valence-corrected chi connectivity index (χ1v) is 7.17. The predicted octanol–water partition coefficient (Wildman–Crippen LogP) is 2.71. The maximum absolute atomic E-state index is 11.7. The van der Waals surface area contributed by atoms with Gasteiger partial charge in [0.2, 0.25) is 0 Å². The van der Waals surface area contributed by atoms with E-state index in [2.05, 4.69) is 48.3 Å². The molecule has 1 N–H and O–H groups in total. The van der Waals surface area contributed by atoms with Gasteiger partial charge in [0.25, 0.3) is 5.91 Å². The second kappa shape index (κ2) is 7.90. The molecule has 2 aromatic carbocycles. The van der Waals surface area contributed by atoms with Crippen molar-refractivity contribution in [2.45, 2.75) is 13.3 Å². The SMILES string of the molecule is COc1cccc(C#CC(=O)NCCc2ccc(C)cc2)c1. The molecule has 0 atom stereocenters. The zero-order valence-electron chi connectivity index (χ0n) is 12.8. The minimum absolute atomic E-state index is 0.269. The van der Waals surface area contributed by atoms with Crippen LogP contribution in [0.2, 0.25) is 0 Å². The van der Waals surface area contributed by atoms with Crippen molar-refractivity contribution in [2.24, 2.45) is 0 Å². The van der Waals surface area contributed by atoms with Crippen LogP contribution in [0.15, 0.2) is 48.5 Å². The number of hydrogen-bond donors (Lipinski definition) is 1. The highest BCUT2D eigenvalue weighted by Gasteiger charge is 1.97. The lowest BCUT2D eigenvalue weighted by Gasteiger charge is -2.02. The molecule has 2 rings (SSSR count). The average Bonchev–Trinajstić information content (AvgIpc) is 2.55. The number of amides is 1. The van der Waals surface area contributed by atoms with Crippen molar-refractivity contribution in [2.75, 3.05) is 13.7 Å². The van der Waals surface area contributed by atoms with Crippen molar-refractivity contribution >= 4 is 5.91 Å². The van der Waals surface area contributed by atoms with E-state index in [-0.39, 0.29) is 5.91 Å². The Morgan fingerprint density at radius 1 is 1.18 bits per heavy atom. The zero-order chi connectivity index (χ0) is 15.8. The summed E-state index contributed by atoms with van der Waals surface area (Å²) in [6.45, 7) is 2.63. The fraction of sp³-hybridized carbons (Fsp3) is 0.211. The standard InChI is InChI=1S/C19H19NO2/c1-15-6-8-16(9-7-15)12-13-20-19(21)11-10-17-4-3-5-18(14-17)22-2/h3-9,14H,12-13H2,1-2H3,(H,20,21). The van der Waals surface area contributed by atoms with Crippen LogP contribution >= 0.6 is 0 Å². The Morgan fingerprint density at radius 2 is 1.95 bits per heavy atom. The van der Waals surface area contributed by atoms with Gasteiger partial charge in [0.15, 0.2) is 0 Å². The number of benzene rings is 2. The summed E-state index contributed by atoms with van der Waals surface area (Å²) >= 11 is 0. The van der Waals surface area contributed by atoms with Gasteiger partial charge in [-0.2, -0.15) is 0 Å². The summed E-state index contributed by atoms with van der Waals surface area (Å²) in [5, 5.41) is 2.80. The Bertz CT molecular complexity index is 693. The van der Waals surface area contributed by atoms with Crippen molar-refractivity contribution in [1.29, 1.82) is 0 Å². The van der Waals surface area contributed by atoms with Crippen molar-refractivity contribution in [3.63, 3.8) is 0 Å². The summed E-state index contributed by atoms with van der Waals surface area (Å²) in [7, 11) is 1.60. The lowest BCUT2D eigenvalue weighted by Crippen LogP contribution is -2.23. The van der Waals surface area contributed by atoms with Crippen LogP contribution in [0.5, 0.6) is 5.75 Å². The van der Waals surface area contributed by atoms with Gasteiger partial charge in [-0.3, -0.25) is 4.79 Å². The molecule has 0 radical (unpaired) electrons. The quantitative estimate of drug-likeness (QED) is 0.880. The maximum Gasteiger partial charge on any atom is 0.296 e. The topological polar surface area (TPSA) is 38.3 Å². The Morgan fingerprint density at radius 3 is 2.68 bits per heavy atom. The van der Waals surface area contributed by atoms with E-state index in [4.69, 9.17) is 4.74 Å². The lowest BCUT2D eigenvalue weighted by molar-refractivity contribution is -0.115. The number of ether oxygens (including phenoxy) is 1. The fourth-order valence-electron chi connectivity index (χ4n) is 1.95. The van der Waals surface area contributed by atoms with Crippen LogP contribution < -0.4 is 10.1 Å². The highest BCUT2D eigenvalue weighted by atomic mass is 16.5. The first kappa shape index (κ1) is 15.7. The summed E-state index contributed by atoms with van der Waals surface area (Å²) in [4.78, 5) is 11.7. The van der Waals surface area contributed by atoms with Crippen LogP contribution in [0.25, 0.3) is 0 Å². The van der Waals surface area contributed by atoms with Gasteiger partial charge >= 0.3 is 0 Å². The van der Waals surface area contributed by atoms with Gasteiger partial charge in [-0.25, -0.2) is 0 Å². The van der Waals surface area contributed by atoms with Crippen LogP contribution in [0.1, 0.15) is 16.7 Å². The molecule has 0 unspecified atom stereocenters. The van der Waals surface area contributed by atoms with Crippen molar-refractivity contribution in [3.05, 3.63) is 65.2 Å². The number of carbonyl (C=O) groups is 1. The van der Waals surface area contributed by atoms with Gasteiger partial charge in [0.1, 0.15) is 5.75 Å². The summed E-state index contributed by atoms with van der Waals surface area (Å²) in [6.07, 6.45) is 0.798. The van der Waals surface area contributed by atoms with Crippen molar-refractivity contribution < 1.29 is 9.53 Å². The highest BCUT2D eigenvalue weighted by Crippen LogP contribution is 2.11. The molecule has 0 heterocycles. The Kier molecular flexibility index (Phi) is 5.62. The van der Waals surface area contributed by atoms with E-state index >= 15 is 0 Å². The van der Waals surface area contributed by atoms with E-state index in [0.29, 0.717) is 6.54 Å². The largest absolute Gasteiger partial charge is 0.497 e. The summed E-state index contributed by atoms with van der Waals surface area (Å²) in [5.74, 6) is 5.88. The van der Waals surface area contributed by atoms with Gasteiger partial charge < -0.3 is 10.1 Å². The molecule has 0 aliphatic heterocycles. The minimum atomic E-state index is -0.269. The predicted molar refractivity (Wildman–Crippen MR) is 87.8 cm³/mol. The van der Waals surface area contributed by atoms with Crippen LogP contribution in [0, 0.1) is 18.8 Å². The zero-order valence-corrected chi connectivity index (χ0v) is 12.8. The molecule has 0 bridgehead atoms. The molecule has 0 aliphatic carbocycles. The molecule has 1 amide bonds. The van der Waals surface area contributed by atoms with E-state index in [1.54, 1.807) is 13.2 Å². The second-order valence-corrected chi connectivity index (χ2v) is 4.97. The van der Waals surface area contributed by atoms with Gasteiger partial charge in [0, 0.05) is 18.0 Å². The number of methoxy groups -OCH3 is 1. The molecule has 112 valence electrons. The van der Waals surface area contributed by atoms with E-state index < -0.39 is 0 Å². The van der Waals surface area contributed by atoms with E-state index in [1.807, 2.05) is 18.2 Å².